The Morgan fingerprint density at radius 1 is 1.00 bits per heavy atom. The predicted molar refractivity (Wildman–Crippen MR) is 36.5 cm³/mol. The number of rotatable bonds is 5. The van der Waals surface area contributed by atoms with Crippen molar-refractivity contribution in [1.29, 1.82) is 0 Å². The second kappa shape index (κ2) is 3.92. The Balaban J connectivity index is 3.64. The second-order valence-corrected chi connectivity index (χ2v) is 2.62. The first-order valence-electron chi connectivity index (χ1n) is 3.35. The first kappa shape index (κ1) is 11.5. The van der Waals surface area contributed by atoms with Crippen molar-refractivity contribution in [3.8, 4) is 0 Å². The van der Waals surface area contributed by atoms with Crippen molar-refractivity contribution in [2.24, 2.45) is 0 Å². The van der Waals surface area contributed by atoms with E-state index < -0.39 is 18.2 Å². The lowest BCUT2D eigenvalue weighted by Crippen LogP contribution is -2.32. The molecule has 0 saturated carbocycles. The topological polar surface area (TPSA) is 118 Å². The largest absolute Gasteiger partial charge is 0.360 e. The maximum atomic E-state index is 9.89. The molecule has 0 rings (SSSR count). The molecule has 0 aromatic rings. The molecule has 0 aliphatic carbocycles. The number of carbonyl (C=O) groups excluding carboxylic acids is 1. The van der Waals surface area contributed by atoms with E-state index in [1.54, 1.807) is 0 Å². The van der Waals surface area contributed by atoms with Crippen molar-refractivity contribution in [2.45, 2.75) is 31.0 Å². The summed E-state index contributed by atoms with van der Waals surface area (Å²) in [5.74, 6) is -5.27. The van der Waals surface area contributed by atoms with Crippen molar-refractivity contribution in [3.63, 3.8) is 0 Å². The van der Waals surface area contributed by atoms with E-state index in [0.717, 1.165) is 0 Å². The molecule has 72 valence electrons. The fourth-order valence-electron chi connectivity index (χ4n) is 0.645. The molecule has 0 unspecified atom stereocenters. The molecule has 0 aromatic heterocycles. The summed E-state index contributed by atoms with van der Waals surface area (Å²) < 4.78 is 0. The zero-order chi connectivity index (χ0) is 9.83. The van der Waals surface area contributed by atoms with Crippen molar-refractivity contribution in [1.82, 2.24) is 0 Å². The Hall–Kier alpha value is -0.530. The molecule has 0 radical (unpaired) electrons. The van der Waals surface area contributed by atoms with E-state index in [4.69, 9.17) is 25.5 Å². The minimum Gasteiger partial charge on any atom is -0.360 e. The van der Waals surface area contributed by atoms with Gasteiger partial charge in [-0.15, -0.1) is 0 Å². The lowest BCUT2D eigenvalue weighted by molar-refractivity contribution is -0.316. The van der Waals surface area contributed by atoms with Crippen molar-refractivity contribution < 1.29 is 30.3 Å². The van der Waals surface area contributed by atoms with Gasteiger partial charge in [-0.3, -0.25) is 4.79 Å². The molecule has 0 fully saturated rings. The van der Waals surface area contributed by atoms with Gasteiger partial charge in [-0.2, -0.15) is 0 Å². The summed E-state index contributed by atoms with van der Waals surface area (Å²) in [7, 11) is 0. The monoisotopic (exact) mass is 180 g/mol. The van der Waals surface area contributed by atoms with Crippen LogP contribution in [-0.4, -0.2) is 43.6 Å². The Labute approximate surface area is 68.7 Å². The quantitative estimate of drug-likeness (QED) is 0.239. The van der Waals surface area contributed by atoms with E-state index in [2.05, 4.69) is 0 Å². The van der Waals surface area contributed by atoms with Gasteiger partial charge in [0.05, 0.1) is 0 Å². The summed E-state index contributed by atoms with van der Waals surface area (Å²) in [5.41, 5.74) is 0. The van der Waals surface area contributed by atoms with Gasteiger partial charge in [-0.05, 0) is 6.42 Å². The van der Waals surface area contributed by atoms with Gasteiger partial charge in [0.2, 0.25) is 5.79 Å². The third-order valence-corrected chi connectivity index (χ3v) is 1.25. The molecule has 6 nitrogen and oxygen atoms in total. The van der Waals surface area contributed by atoms with Crippen LogP contribution in [0.2, 0.25) is 0 Å². The van der Waals surface area contributed by atoms with Crippen molar-refractivity contribution in [3.05, 3.63) is 0 Å². The Morgan fingerprint density at radius 2 is 1.50 bits per heavy atom. The fourth-order valence-corrected chi connectivity index (χ4v) is 0.645. The van der Waals surface area contributed by atoms with Crippen LogP contribution in [0.4, 0.5) is 0 Å². The van der Waals surface area contributed by atoms with Crippen LogP contribution >= 0.6 is 0 Å². The van der Waals surface area contributed by atoms with Gasteiger partial charge in [0.25, 0.3) is 5.97 Å². The van der Waals surface area contributed by atoms with Crippen LogP contribution in [-0.2, 0) is 4.79 Å². The van der Waals surface area contributed by atoms with E-state index in [1.165, 1.54) is 0 Å². The van der Waals surface area contributed by atoms with Gasteiger partial charge in [-0.25, -0.2) is 0 Å². The van der Waals surface area contributed by atoms with Gasteiger partial charge < -0.3 is 25.5 Å². The maximum absolute atomic E-state index is 9.89. The Morgan fingerprint density at radius 3 is 1.83 bits per heavy atom. The average Bonchev–Trinajstić information content (AvgIpc) is 1.84. The summed E-state index contributed by atoms with van der Waals surface area (Å²) in [6.45, 7) is 0. The molecule has 0 saturated heterocycles. The number of hydrogen-bond donors (Lipinski definition) is 5. The number of aliphatic hydroxyl groups is 5. The number of carbonyl (C=O) groups is 1. The minimum absolute atomic E-state index is 0.0686. The summed E-state index contributed by atoms with van der Waals surface area (Å²) in [5, 5.41) is 42.4. The van der Waals surface area contributed by atoms with E-state index in [0.29, 0.717) is 0 Å². The summed E-state index contributed by atoms with van der Waals surface area (Å²) >= 11 is 0. The molecule has 5 N–H and O–H groups in total. The first-order chi connectivity index (χ1) is 5.27. The van der Waals surface area contributed by atoms with Crippen LogP contribution in [0.15, 0.2) is 0 Å². The SMILES string of the molecule is O=CC(O)(O)CCCC(O)(O)O. The predicted octanol–water partition coefficient (Wildman–Crippen LogP) is -2.33. The van der Waals surface area contributed by atoms with Crippen LogP contribution in [0.25, 0.3) is 0 Å². The van der Waals surface area contributed by atoms with Gasteiger partial charge in [0.1, 0.15) is 0 Å². The molecule has 0 heterocycles. The maximum Gasteiger partial charge on any atom is 0.275 e. The highest BCUT2D eigenvalue weighted by molar-refractivity contribution is 5.58. The van der Waals surface area contributed by atoms with E-state index in [1.807, 2.05) is 0 Å². The van der Waals surface area contributed by atoms with E-state index in [-0.39, 0.29) is 19.1 Å². The third-order valence-electron chi connectivity index (χ3n) is 1.25. The molecule has 0 spiro atoms. The molecule has 0 amide bonds. The van der Waals surface area contributed by atoms with Crippen LogP contribution in [0.5, 0.6) is 0 Å². The van der Waals surface area contributed by atoms with Crippen LogP contribution < -0.4 is 0 Å². The van der Waals surface area contributed by atoms with Gasteiger partial charge in [0.15, 0.2) is 6.29 Å². The molecule has 0 atom stereocenters. The zero-order valence-electron chi connectivity index (χ0n) is 6.34. The molecule has 12 heavy (non-hydrogen) atoms. The van der Waals surface area contributed by atoms with Gasteiger partial charge >= 0.3 is 0 Å². The molecule has 6 heteroatoms. The Bertz CT molecular complexity index is 147. The zero-order valence-corrected chi connectivity index (χ0v) is 6.34. The lowest BCUT2D eigenvalue weighted by Gasteiger charge is -2.17. The highest BCUT2D eigenvalue weighted by atomic mass is 16.7. The smallest absolute Gasteiger partial charge is 0.275 e. The number of aldehydes is 1. The van der Waals surface area contributed by atoms with E-state index >= 15 is 0 Å². The highest BCUT2D eigenvalue weighted by Crippen LogP contribution is 2.12. The molecular formula is C6H12O6. The third kappa shape index (κ3) is 6.20. The summed E-state index contributed by atoms with van der Waals surface area (Å²) in [6, 6.07) is 0. The van der Waals surface area contributed by atoms with Gasteiger partial charge in [-0.1, -0.05) is 0 Å². The molecular weight excluding hydrogens is 168 g/mol. The first-order valence-corrected chi connectivity index (χ1v) is 3.35. The second-order valence-electron chi connectivity index (χ2n) is 2.62. The molecule has 0 bridgehead atoms. The standard InChI is InChI=1S/C6H12O6/c7-4-5(8,9)2-1-3-6(10,11)12/h4,8-12H,1-3H2. The number of hydrogen-bond acceptors (Lipinski definition) is 6. The van der Waals surface area contributed by atoms with Gasteiger partial charge in [0, 0.05) is 12.8 Å². The molecule has 0 aromatic carbocycles. The van der Waals surface area contributed by atoms with Crippen LogP contribution in [0, 0.1) is 0 Å². The Kier molecular flexibility index (Phi) is 3.75. The fraction of sp³-hybridized carbons (Fsp3) is 0.833. The van der Waals surface area contributed by atoms with E-state index in [9.17, 15) is 4.79 Å². The molecule has 0 aliphatic rings. The highest BCUT2D eigenvalue weighted by Gasteiger charge is 2.24. The van der Waals surface area contributed by atoms with Crippen LogP contribution in [0.1, 0.15) is 19.3 Å². The summed E-state index contributed by atoms with van der Waals surface area (Å²) in [4.78, 5) is 9.89. The lowest BCUT2D eigenvalue weighted by atomic mass is 10.1. The normalized spacial score (nSPS) is 13.1. The summed E-state index contributed by atoms with van der Waals surface area (Å²) in [6.07, 6.45) is -0.986. The van der Waals surface area contributed by atoms with Crippen LogP contribution in [0.3, 0.4) is 0 Å². The minimum atomic E-state index is -2.82. The van der Waals surface area contributed by atoms with Crippen molar-refractivity contribution in [2.75, 3.05) is 0 Å². The van der Waals surface area contributed by atoms with Crippen molar-refractivity contribution >= 4 is 6.29 Å². The average molecular weight is 180 g/mol. The molecule has 0 aliphatic heterocycles.